The molecule has 0 bridgehead atoms. The molecule has 0 unspecified atom stereocenters. The number of rotatable bonds is 2. The van der Waals surface area contributed by atoms with Crippen molar-refractivity contribution in [2.75, 3.05) is 5.32 Å². The third kappa shape index (κ3) is 3.21. The van der Waals surface area contributed by atoms with Gasteiger partial charge in [-0.2, -0.15) is 13.2 Å². The summed E-state index contributed by atoms with van der Waals surface area (Å²) in [4.78, 5) is 7.65. The summed E-state index contributed by atoms with van der Waals surface area (Å²) < 4.78 is 38.9. The first-order chi connectivity index (χ1) is 9.29. The number of alkyl halides is 3. The summed E-state index contributed by atoms with van der Waals surface area (Å²) in [5.74, 6) is 0.293. The van der Waals surface area contributed by atoms with Crippen molar-refractivity contribution < 1.29 is 13.2 Å². The maximum Gasteiger partial charge on any atom is 0.416 e. The lowest BCUT2D eigenvalue weighted by Gasteiger charge is -2.13. The first-order valence-electron chi connectivity index (χ1n) is 5.40. The lowest BCUT2D eigenvalue weighted by Crippen LogP contribution is -2.08. The number of nitrogens with one attached hydrogen (secondary N) is 1. The van der Waals surface area contributed by atoms with Crippen molar-refractivity contribution in [3.63, 3.8) is 0 Å². The lowest BCUT2D eigenvalue weighted by molar-refractivity contribution is -0.138. The van der Waals surface area contributed by atoms with Crippen LogP contribution < -0.4 is 5.32 Å². The van der Waals surface area contributed by atoms with E-state index in [1.54, 1.807) is 0 Å². The average Bonchev–Trinajstić information content (AvgIpc) is 2.36. The SMILES string of the molecule is Cc1ccc(Nc2ncnc(Cl)c2Br)cc1C(F)(F)F. The molecule has 1 aromatic heterocycles. The van der Waals surface area contributed by atoms with Crippen LogP contribution in [0.15, 0.2) is 29.0 Å². The molecular formula is C12H8BrClF3N3. The maximum atomic E-state index is 12.8. The Morgan fingerprint density at radius 2 is 1.95 bits per heavy atom. The van der Waals surface area contributed by atoms with E-state index >= 15 is 0 Å². The second kappa shape index (κ2) is 5.57. The Morgan fingerprint density at radius 3 is 2.60 bits per heavy atom. The number of hydrogen-bond donors (Lipinski definition) is 1. The number of hydrogen-bond acceptors (Lipinski definition) is 3. The Labute approximate surface area is 126 Å². The van der Waals surface area contributed by atoms with E-state index in [4.69, 9.17) is 11.6 Å². The quantitative estimate of drug-likeness (QED) is 0.763. The molecule has 3 nitrogen and oxygen atoms in total. The highest BCUT2D eigenvalue weighted by Crippen LogP contribution is 2.35. The molecule has 106 valence electrons. The second-order valence-electron chi connectivity index (χ2n) is 3.98. The number of halogens is 5. The van der Waals surface area contributed by atoms with Crippen LogP contribution in [-0.2, 0) is 6.18 Å². The third-order valence-corrected chi connectivity index (χ3v) is 3.82. The highest BCUT2D eigenvalue weighted by atomic mass is 79.9. The van der Waals surface area contributed by atoms with Crippen molar-refractivity contribution in [2.45, 2.75) is 13.1 Å². The standard InChI is InChI=1S/C12H8BrClF3N3/c1-6-2-3-7(4-8(6)12(15,16)17)20-11-9(13)10(14)18-5-19-11/h2-5H,1H3,(H,18,19,20). The van der Waals surface area contributed by atoms with E-state index in [2.05, 4.69) is 31.2 Å². The van der Waals surface area contributed by atoms with E-state index in [0.29, 0.717) is 10.3 Å². The van der Waals surface area contributed by atoms with Gasteiger partial charge in [-0.05, 0) is 40.5 Å². The van der Waals surface area contributed by atoms with Gasteiger partial charge in [-0.15, -0.1) is 0 Å². The summed E-state index contributed by atoms with van der Waals surface area (Å²) in [6.07, 6.45) is -3.18. The van der Waals surface area contributed by atoms with Gasteiger partial charge >= 0.3 is 6.18 Å². The van der Waals surface area contributed by atoms with Crippen LogP contribution in [0.4, 0.5) is 24.7 Å². The number of aryl methyl sites for hydroxylation is 1. The summed E-state index contributed by atoms with van der Waals surface area (Å²) in [5.41, 5.74) is -0.278. The Hall–Kier alpha value is -1.34. The molecule has 1 heterocycles. The maximum absolute atomic E-state index is 12.8. The molecule has 0 spiro atoms. The molecule has 8 heteroatoms. The summed E-state index contributed by atoms with van der Waals surface area (Å²) in [5, 5.41) is 2.94. The average molecular weight is 367 g/mol. The largest absolute Gasteiger partial charge is 0.416 e. The van der Waals surface area contributed by atoms with Gasteiger partial charge in [0.05, 0.1) is 10.0 Å². The molecule has 2 aromatic rings. The fourth-order valence-corrected chi connectivity index (χ4v) is 2.01. The van der Waals surface area contributed by atoms with Crippen LogP contribution >= 0.6 is 27.5 Å². The molecule has 0 atom stereocenters. The molecular weight excluding hydrogens is 359 g/mol. The first kappa shape index (κ1) is 15.1. The molecule has 0 fully saturated rings. The Balaban J connectivity index is 2.38. The second-order valence-corrected chi connectivity index (χ2v) is 5.13. The minimum absolute atomic E-state index is 0.155. The van der Waals surface area contributed by atoms with Crippen LogP contribution in [0.3, 0.4) is 0 Å². The van der Waals surface area contributed by atoms with E-state index in [-0.39, 0.29) is 16.4 Å². The van der Waals surface area contributed by atoms with Crippen LogP contribution in [-0.4, -0.2) is 9.97 Å². The van der Waals surface area contributed by atoms with Crippen LogP contribution in [0, 0.1) is 6.92 Å². The number of aromatic nitrogens is 2. The zero-order valence-corrected chi connectivity index (χ0v) is 12.4. The topological polar surface area (TPSA) is 37.8 Å². The van der Waals surface area contributed by atoms with Crippen LogP contribution in [0.5, 0.6) is 0 Å². The van der Waals surface area contributed by atoms with Gasteiger partial charge < -0.3 is 5.32 Å². The van der Waals surface area contributed by atoms with Gasteiger partial charge in [0.15, 0.2) is 0 Å². The van der Waals surface area contributed by atoms with E-state index in [1.165, 1.54) is 25.4 Å². The van der Waals surface area contributed by atoms with E-state index in [1.807, 2.05) is 0 Å². The summed E-state index contributed by atoms with van der Waals surface area (Å²) in [6, 6.07) is 3.95. The molecule has 20 heavy (non-hydrogen) atoms. The van der Waals surface area contributed by atoms with Crippen molar-refractivity contribution in [3.8, 4) is 0 Å². The fraction of sp³-hybridized carbons (Fsp3) is 0.167. The van der Waals surface area contributed by atoms with Gasteiger partial charge in [0.25, 0.3) is 0 Å². The number of anilines is 2. The van der Waals surface area contributed by atoms with Crippen molar-refractivity contribution in [3.05, 3.63) is 45.3 Å². The molecule has 1 aromatic carbocycles. The van der Waals surface area contributed by atoms with Crippen LogP contribution in [0.25, 0.3) is 0 Å². The third-order valence-electron chi connectivity index (χ3n) is 2.55. The predicted molar refractivity (Wildman–Crippen MR) is 74.2 cm³/mol. The van der Waals surface area contributed by atoms with Gasteiger partial charge in [0.1, 0.15) is 17.3 Å². The molecule has 0 saturated carbocycles. The molecule has 2 rings (SSSR count). The van der Waals surface area contributed by atoms with E-state index < -0.39 is 11.7 Å². The van der Waals surface area contributed by atoms with Crippen molar-refractivity contribution in [1.29, 1.82) is 0 Å². The molecule has 0 aliphatic rings. The van der Waals surface area contributed by atoms with Crippen molar-refractivity contribution >= 4 is 39.0 Å². The molecule has 0 amide bonds. The zero-order valence-electron chi connectivity index (χ0n) is 10.1. The van der Waals surface area contributed by atoms with Gasteiger partial charge in [0.2, 0.25) is 0 Å². The summed E-state index contributed by atoms with van der Waals surface area (Å²) in [7, 11) is 0. The monoisotopic (exact) mass is 365 g/mol. The minimum Gasteiger partial charge on any atom is -0.339 e. The minimum atomic E-state index is -4.40. The fourth-order valence-electron chi connectivity index (χ4n) is 1.58. The van der Waals surface area contributed by atoms with Gasteiger partial charge in [-0.1, -0.05) is 17.7 Å². The smallest absolute Gasteiger partial charge is 0.339 e. The Bertz CT molecular complexity index is 646. The van der Waals surface area contributed by atoms with Crippen LogP contribution in [0.2, 0.25) is 5.15 Å². The van der Waals surface area contributed by atoms with E-state index in [9.17, 15) is 13.2 Å². The number of nitrogens with zero attached hydrogens (tertiary/aromatic N) is 2. The highest BCUT2D eigenvalue weighted by Gasteiger charge is 2.32. The van der Waals surface area contributed by atoms with Crippen molar-refractivity contribution in [2.24, 2.45) is 0 Å². The summed E-state index contributed by atoms with van der Waals surface area (Å²) in [6.45, 7) is 1.41. The van der Waals surface area contributed by atoms with Gasteiger partial charge in [0, 0.05) is 5.69 Å². The first-order valence-corrected chi connectivity index (χ1v) is 6.57. The summed E-state index contributed by atoms with van der Waals surface area (Å²) >= 11 is 8.96. The molecule has 0 radical (unpaired) electrons. The van der Waals surface area contributed by atoms with Gasteiger partial charge in [-0.3, -0.25) is 0 Å². The molecule has 0 aliphatic heterocycles. The zero-order chi connectivity index (χ0) is 14.9. The molecule has 1 N–H and O–H groups in total. The van der Waals surface area contributed by atoms with Crippen molar-refractivity contribution in [1.82, 2.24) is 9.97 Å². The predicted octanol–water partition coefficient (Wildman–Crippen LogP) is 4.96. The lowest BCUT2D eigenvalue weighted by atomic mass is 10.1. The van der Waals surface area contributed by atoms with Gasteiger partial charge in [-0.25, -0.2) is 9.97 Å². The number of benzene rings is 1. The van der Waals surface area contributed by atoms with E-state index in [0.717, 1.165) is 6.07 Å². The Kier molecular flexibility index (Phi) is 4.19. The highest BCUT2D eigenvalue weighted by molar-refractivity contribution is 9.10. The Morgan fingerprint density at radius 1 is 1.25 bits per heavy atom. The molecule has 0 saturated heterocycles. The normalized spacial score (nSPS) is 11.5. The van der Waals surface area contributed by atoms with Crippen LogP contribution in [0.1, 0.15) is 11.1 Å². The molecule has 0 aliphatic carbocycles.